The second-order valence-corrected chi connectivity index (χ2v) is 5.87. The summed E-state index contributed by atoms with van der Waals surface area (Å²) in [5.41, 5.74) is 1.93. The summed E-state index contributed by atoms with van der Waals surface area (Å²) in [5.74, 6) is -0.149. The molecule has 1 fully saturated rings. The summed E-state index contributed by atoms with van der Waals surface area (Å²) >= 11 is 0. The number of nitrogens with one attached hydrogen (secondary N) is 2. The molecule has 5 heteroatoms. The minimum Gasteiger partial charge on any atom is -0.396 e. The van der Waals surface area contributed by atoms with Gasteiger partial charge in [-0.1, -0.05) is 30.3 Å². The Morgan fingerprint density at radius 3 is 2.30 bits per heavy atom. The van der Waals surface area contributed by atoms with Gasteiger partial charge in [0.25, 0.3) is 5.91 Å². The van der Waals surface area contributed by atoms with E-state index in [1.807, 2.05) is 42.5 Å². The highest BCUT2D eigenvalue weighted by molar-refractivity contribution is 6.05. The first-order chi connectivity index (χ1) is 11.2. The van der Waals surface area contributed by atoms with Crippen LogP contribution in [0.3, 0.4) is 0 Å². The fourth-order valence-electron chi connectivity index (χ4n) is 2.45. The number of ether oxygens (including phenoxy) is 1. The van der Waals surface area contributed by atoms with E-state index >= 15 is 0 Å². The van der Waals surface area contributed by atoms with Crippen LogP contribution in [0.5, 0.6) is 0 Å². The summed E-state index contributed by atoms with van der Waals surface area (Å²) in [7, 11) is 0. The SMILES string of the molecule is O=C(Nc1ccccc1NCC1(CO)COC1)c1ccccc1. The maximum atomic E-state index is 12.3. The molecule has 120 valence electrons. The van der Waals surface area contributed by atoms with Crippen LogP contribution >= 0.6 is 0 Å². The van der Waals surface area contributed by atoms with Gasteiger partial charge in [-0.2, -0.15) is 0 Å². The van der Waals surface area contributed by atoms with Crippen molar-refractivity contribution in [3.8, 4) is 0 Å². The van der Waals surface area contributed by atoms with Crippen molar-refractivity contribution in [3.63, 3.8) is 0 Å². The Morgan fingerprint density at radius 2 is 1.70 bits per heavy atom. The van der Waals surface area contributed by atoms with Crippen molar-refractivity contribution in [1.82, 2.24) is 0 Å². The van der Waals surface area contributed by atoms with E-state index < -0.39 is 0 Å². The van der Waals surface area contributed by atoms with Gasteiger partial charge in [0, 0.05) is 12.1 Å². The number of carbonyl (C=O) groups excluding carboxylic acids is 1. The van der Waals surface area contributed by atoms with Gasteiger partial charge in [0.2, 0.25) is 0 Å². The van der Waals surface area contributed by atoms with E-state index in [4.69, 9.17) is 4.74 Å². The molecule has 23 heavy (non-hydrogen) atoms. The third-order valence-electron chi connectivity index (χ3n) is 4.02. The molecule has 1 saturated heterocycles. The molecule has 0 aliphatic carbocycles. The van der Waals surface area contributed by atoms with E-state index in [-0.39, 0.29) is 17.9 Å². The van der Waals surface area contributed by atoms with E-state index in [1.54, 1.807) is 12.1 Å². The summed E-state index contributed by atoms with van der Waals surface area (Å²) in [5, 5.41) is 15.7. The van der Waals surface area contributed by atoms with Crippen LogP contribution in [0, 0.1) is 5.41 Å². The Kier molecular flexibility index (Phi) is 4.60. The first kappa shape index (κ1) is 15.5. The van der Waals surface area contributed by atoms with Gasteiger partial charge in [-0.05, 0) is 24.3 Å². The highest BCUT2D eigenvalue weighted by atomic mass is 16.5. The van der Waals surface area contributed by atoms with Gasteiger partial charge in [-0.25, -0.2) is 0 Å². The minimum atomic E-state index is -0.226. The minimum absolute atomic E-state index is 0.0819. The van der Waals surface area contributed by atoms with Crippen LogP contribution < -0.4 is 10.6 Å². The Morgan fingerprint density at radius 1 is 1.04 bits per heavy atom. The fourth-order valence-corrected chi connectivity index (χ4v) is 2.45. The lowest BCUT2D eigenvalue weighted by Crippen LogP contribution is -2.50. The van der Waals surface area contributed by atoms with Crippen molar-refractivity contribution in [2.75, 3.05) is 37.0 Å². The van der Waals surface area contributed by atoms with Crippen molar-refractivity contribution >= 4 is 17.3 Å². The summed E-state index contributed by atoms with van der Waals surface area (Å²) in [6.45, 7) is 1.78. The largest absolute Gasteiger partial charge is 0.396 e. The zero-order chi connectivity index (χ0) is 16.1. The molecule has 0 radical (unpaired) electrons. The third-order valence-corrected chi connectivity index (χ3v) is 4.02. The number of aliphatic hydroxyl groups is 1. The Balaban J connectivity index is 1.69. The number of amides is 1. The molecule has 1 heterocycles. The highest BCUT2D eigenvalue weighted by Crippen LogP contribution is 2.29. The molecule has 0 saturated carbocycles. The molecule has 3 rings (SSSR count). The Labute approximate surface area is 135 Å². The molecular weight excluding hydrogens is 292 g/mol. The zero-order valence-corrected chi connectivity index (χ0v) is 12.8. The highest BCUT2D eigenvalue weighted by Gasteiger charge is 2.37. The van der Waals surface area contributed by atoms with Crippen LogP contribution in [-0.4, -0.2) is 37.4 Å². The van der Waals surface area contributed by atoms with E-state index in [0.29, 0.717) is 25.3 Å². The van der Waals surface area contributed by atoms with Gasteiger partial charge in [0.1, 0.15) is 0 Å². The number of hydrogen-bond donors (Lipinski definition) is 3. The first-order valence-corrected chi connectivity index (χ1v) is 7.60. The molecular formula is C18H20N2O3. The molecule has 2 aromatic rings. The van der Waals surface area contributed by atoms with Gasteiger partial charge in [-0.3, -0.25) is 4.79 Å². The average molecular weight is 312 g/mol. The maximum Gasteiger partial charge on any atom is 0.255 e. The zero-order valence-electron chi connectivity index (χ0n) is 12.8. The fraction of sp³-hybridized carbons (Fsp3) is 0.278. The quantitative estimate of drug-likeness (QED) is 0.766. The van der Waals surface area contributed by atoms with Crippen LogP contribution in [0.1, 0.15) is 10.4 Å². The predicted octanol–water partition coefficient (Wildman–Crippen LogP) is 2.36. The number of aliphatic hydroxyl groups excluding tert-OH is 1. The van der Waals surface area contributed by atoms with Crippen molar-refractivity contribution < 1.29 is 14.6 Å². The predicted molar refractivity (Wildman–Crippen MR) is 89.7 cm³/mol. The van der Waals surface area contributed by atoms with Crippen molar-refractivity contribution in [1.29, 1.82) is 0 Å². The van der Waals surface area contributed by atoms with Crippen molar-refractivity contribution in [3.05, 3.63) is 60.2 Å². The van der Waals surface area contributed by atoms with Crippen molar-refractivity contribution in [2.24, 2.45) is 5.41 Å². The summed E-state index contributed by atoms with van der Waals surface area (Å²) in [4.78, 5) is 12.3. The number of para-hydroxylation sites is 2. The topological polar surface area (TPSA) is 70.6 Å². The molecule has 0 aromatic heterocycles. The number of carbonyl (C=O) groups is 1. The summed E-state index contributed by atoms with van der Waals surface area (Å²) in [6.07, 6.45) is 0. The van der Waals surface area contributed by atoms with Gasteiger partial charge in [0.05, 0.1) is 36.6 Å². The number of benzene rings is 2. The van der Waals surface area contributed by atoms with Crippen LogP contribution in [0.15, 0.2) is 54.6 Å². The summed E-state index contributed by atoms with van der Waals surface area (Å²) in [6, 6.07) is 16.6. The van der Waals surface area contributed by atoms with E-state index in [2.05, 4.69) is 10.6 Å². The van der Waals surface area contributed by atoms with Gasteiger partial charge in [-0.15, -0.1) is 0 Å². The first-order valence-electron chi connectivity index (χ1n) is 7.60. The Bertz CT molecular complexity index is 663. The Hall–Kier alpha value is -2.37. The van der Waals surface area contributed by atoms with Gasteiger partial charge >= 0.3 is 0 Å². The molecule has 0 atom stereocenters. The normalized spacial score (nSPS) is 15.5. The van der Waals surface area contributed by atoms with Crippen molar-refractivity contribution in [2.45, 2.75) is 0 Å². The monoisotopic (exact) mass is 312 g/mol. The molecule has 0 bridgehead atoms. The molecule has 1 aliphatic rings. The van der Waals surface area contributed by atoms with Gasteiger partial charge in [0.15, 0.2) is 0 Å². The molecule has 5 nitrogen and oxygen atoms in total. The van der Waals surface area contributed by atoms with E-state index in [9.17, 15) is 9.90 Å². The van der Waals surface area contributed by atoms with Crippen LogP contribution in [-0.2, 0) is 4.74 Å². The van der Waals surface area contributed by atoms with Gasteiger partial charge < -0.3 is 20.5 Å². The number of hydrogen-bond acceptors (Lipinski definition) is 4. The lowest BCUT2D eigenvalue weighted by molar-refractivity contribution is -0.128. The molecule has 2 aromatic carbocycles. The molecule has 1 amide bonds. The average Bonchev–Trinajstić information content (AvgIpc) is 2.56. The van der Waals surface area contributed by atoms with E-state index in [0.717, 1.165) is 11.4 Å². The second-order valence-electron chi connectivity index (χ2n) is 5.87. The number of anilines is 2. The van der Waals surface area contributed by atoms with Crippen LogP contribution in [0.4, 0.5) is 11.4 Å². The lowest BCUT2D eigenvalue weighted by atomic mass is 9.87. The standard InChI is InChI=1S/C18H20N2O3/c21-11-18(12-23-13-18)10-19-15-8-4-5-9-16(15)20-17(22)14-6-2-1-3-7-14/h1-9,19,21H,10-13H2,(H,20,22). The third kappa shape index (κ3) is 3.52. The van der Waals surface area contributed by atoms with E-state index in [1.165, 1.54) is 0 Å². The molecule has 0 unspecified atom stereocenters. The molecule has 1 aliphatic heterocycles. The summed E-state index contributed by atoms with van der Waals surface area (Å²) < 4.78 is 5.20. The molecule has 3 N–H and O–H groups in total. The molecule has 0 spiro atoms. The van der Waals surface area contributed by atoms with Crippen LogP contribution in [0.2, 0.25) is 0 Å². The lowest BCUT2D eigenvalue weighted by Gasteiger charge is -2.40. The number of rotatable bonds is 6. The van der Waals surface area contributed by atoms with Crippen LogP contribution in [0.25, 0.3) is 0 Å². The smallest absolute Gasteiger partial charge is 0.255 e. The maximum absolute atomic E-state index is 12.3. The second kappa shape index (κ2) is 6.81.